The van der Waals surface area contributed by atoms with Gasteiger partial charge in [0.1, 0.15) is 6.61 Å². The van der Waals surface area contributed by atoms with Crippen molar-refractivity contribution < 1.29 is 14.6 Å². The number of benzene rings is 1. The molecule has 1 N–H and O–H groups in total. The molecule has 1 unspecified atom stereocenters. The van der Waals surface area contributed by atoms with Crippen molar-refractivity contribution in [2.45, 2.75) is 25.4 Å². The number of hydrogen-bond acceptors (Lipinski definition) is 3. The van der Waals surface area contributed by atoms with Gasteiger partial charge in [-0.15, -0.1) is 0 Å². The maximum absolute atomic E-state index is 9.39. The minimum absolute atomic E-state index is 0.00479. The fourth-order valence-electron chi connectivity index (χ4n) is 1.86. The molecule has 0 amide bonds. The summed E-state index contributed by atoms with van der Waals surface area (Å²) in [5.74, 6) is 1.49. The van der Waals surface area contributed by atoms with Crippen molar-refractivity contribution in [1.82, 2.24) is 0 Å². The van der Waals surface area contributed by atoms with Gasteiger partial charge < -0.3 is 14.6 Å². The van der Waals surface area contributed by atoms with E-state index in [9.17, 15) is 5.11 Å². The normalized spacial score (nSPS) is 23.9. The van der Waals surface area contributed by atoms with E-state index in [2.05, 4.69) is 6.92 Å². The highest BCUT2D eigenvalue weighted by Gasteiger charge is 2.36. The van der Waals surface area contributed by atoms with Crippen molar-refractivity contribution in [2.24, 2.45) is 0 Å². The molecule has 1 aliphatic rings. The first kappa shape index (κ1) is 10.3. The second-order valence-corrected chi connectivity index (χ2v) is 3.93. The maximum atomic E-state index is 9.39. The Morgan fingerprint density at radius 2 is 2.07 bits per heavy atom. The van der Waals surface area contributed by atoms with Gasteiger partial charge >= 0.3 is 0 Å². The smallest absolute Gasteiger partial charge is 0.166 e. The highest BCUT2D eigenvalue weighted by molar-refractivity contribution is 5.41. The summed E-state index contributed by atoms with van der Waals surface area (Å²) in [4.78, 5) is 0. The summed E-state index contributed by atoms with van der Waals surface area (Å²) in [6.07, 6.45) is 1.77. The van der Waals surface area contributed by atoms with E-state index in [0.29, 0.717) is 6.61 Å². The van der Waals surface area contributed by atoms with Gasteiger partial charge in [-0.1, -0.05) is 25.5 Å². The second kappa shape index (κ2) is 4.11. The Labute approximate surface area is 89.6 Å². The largest absolute Gasteiger partial charge is 0.485 e. The number of hydrogen-bond donors (Lipinski definition) is 1. The Balaban J connectivity index is 2.22. The number of rotatable bonds is 3. The van der Waals surface area contributed by atoms with Gasteiger partial charge in [0, 0.05) is 0 Å². The van der Waals surface area contributed by atoms with Crippen LogP contribution in [0, 0.1) is 0 Å². The van der Waals surface area contributed by atoms with Gasteiger partial charge in [-0.05, 0) is 18.6 Å². The van der Waals surface area contributed by atoms with Gasteiger partial charge in [0.2, 0.25) is 0 Å². The van der Waals surface area contributed by atoms with E-state index >= 15 is 0 Å². The van der Waals surface area contributed by atoms with Crippen molar-refractivity contribution in [3.05, 3.63) is 24.3 Å². The Bertz CT molecular complexity index is 337. The molecule has 1 heterocycles. The fraction of sp³-hybridized carbons (Fsp3) is 0.500. The lowest BCUT2D eigenvalue weighted by atomic mass is 9.99. The zero-order valence-corrected chi connectivity index (χ0v) is 8.90. The Morgan fingerprint density at radius 3 is 2.73 bits per heavy atom. The van der Waals surface area contributed by atoms with E-state index in [1.807, 2.05) is 24.3 Å². The predicted octanol–water partition coefficient (Wildman–Crippen LogP) is 1.99. The first-order chi connectivity index (χ1) is 7.29. The molecule has 0 aromatic heterocycles. The molecule has 0 saturated carbocycles. The van der Waals surface area contributed by atoms with E-state index < -0.39 is 5.60 Å². The first-order valence-electron chi connectivity index (χ1n) is 5.31. The molecular formula is C12H16O3. The number of aliphatic hydroxyl groups is 1. The molecule has 82 valence electrons. The molecule has 1 aromatic carbocycles. The van der Waals surface area contributed by atoms with Crippen LogP contribution in [0.25, 0.3) is 0 Å². The molecule has 3 nitrogen and oxygen atoms in total. The molecule has 0 aliphatic carbocycles. The molecule has 3 heteroatoms. The lowest BCUT2D eigenvalue weighted by Crippen LogP contribution is -2.48. The molecule has 1 aromatic rings. The van der Waals surface area contributed by atoms with Crippen LogP contribution < -0.4 is 9.47 Å². The number of fused-ring (bicyclic) bond motifs is 1. The standard InChI is InChI=1S/C12H16O3/c1-2-7-12(8-13)9-14-10-5-3-4-6-11(10)15-12/h3-6,13H,2,7-9H2,1H3. The number of aliphatic hydroxyl groups excluding tert-OH is 1. The molecule has 0 radical (unpaired) electrons. The van der Waals surface area contributed by atoms with Gasteiger partial charge in [-0.3, -0.25) is 0 Å². The van der Waals surface area contributed by atoms with Crippen molar-refractivity contribution in [1.29, 1.82) is 0 Å². The highest BCUT2D eigenvalue weighted by Crippen LogP contribution is 2.36. The van der Waals surface area contributed by atoms with Crippen LogP contribution in [0.2, 0.25) is 0 Å². The summed E-state index contributed by atoms with van der Waals surface area (Å²) >= 11 is 0. The maximum Gasteiger partial charge on any atom is 0.166 e. The van der Waals surface area contributed by atoms with Crippen LogP contribution >= 0.6 is 0 Å². The van der Waals surface area contributed by atoms with E-state index in [1.165, 1.54) is 0 Å². The SMILES string of the molecule is CCCC1(CO)COc2ccccc2O1. The third-order valence-electron chi connectivity index (χ3n) is 2.66. The van der Waals surface area contributed by atoms with E-state index in [1.54, 1.807) is 0 Å². The summed E-state index contributed by atoms with van der Waals surface area (Å²) in [5.41, 5.74) is -0.552. The average Bonchev–Trinajstić information content (AvgIpc) is 2.29. The van der Waals surface area contributed by atoms with Gasteiger partial charge in [0.15, 0.2) is 17.1 Å². The molecule has 15 heavy (non-hydrogen) atoms. The molecule has 0 bridgehead atoms. The molecular weight excluding hydrogens is 192 g/mol. The Morgan fingerprint density at radius 1 is 1.33 bits per heavy atom. The number of ether oxygens (including phenoxy) is 2. The van der Waals surface area contributed by atoms with Crippen molar-refractivity contribution in [3.63, 3.8) is 0 Å². The quantitative estimate of drug-likeness (QED) is 0.825. The number of para-hydroxylation sites is 2. The average molecular weight is 208 g/mol. The van der Waals surface area contributed by atoms with Crippen LogP contribution in [-0.2, 0) is 0 Å². The summed E-state index contributed by atoms with van der Waals surface area (Å²) in [6.45, 7) is 2.49. The van der Waals surface area contributed by atoms with Crippen LogP contribution in [0.4, 0.5) is 0 Å². The van der Waals surface area contributed by atoms with Crippen molar-refractivity contribution >= 4 is 0 Å². The molecule has 0 saturated heterocycles. The minimum Gasteiger partial charge on any atom is -0.485 e. The third-order valence-corrected chi connectivity index (χ3v) is 2.66. The Hall–Kier alpha value is -1.22. The van der Waals surface area contributed by atoms with Crippen LogP contribution in [0.3, 0.4) is 0 Å². The zero-order chi connectivity index (χ0) is 10.7. The molecule has 1 aliphatic heterocycles. The molecule has 0 spiro atoms. The lowest BCUT2D eigenvalue weighted by molar-refractivity contribution is -0.0531. The van der Waals surface area contributed by atoms with Crippen molar-refractivity contribution in [2.75, 3.05) is 13.2 Å². The minimum atomic E-state index is -0.552. The van der Waals surface area contributed by atoms with Crippen LogP contribution in [-0.4, -0.2) is 23.9 Å². The Kier molecular flexibility index (Phi) is 2.82. The lowest BCUT2D eigenvalue weighted by Gasteiger charge is -2.36. The van der Waals surface area contributed by atoms with Gasteiger partial charge in [0.25, 0.3) is 0 Å². The fourth-order valence-corrected chi connectivity index (χ4v) is 1.86. The highest BCUT2D eigenvalue weighted by atomic mass is 16.6. The topological polar surface area (TPSA) is 38.7 Å². The van der Waals surface area contributed by atoms with Gasteiger partial charge in [-0.2, -0.15) is 0 Å². The van der Waals surface area contributed by atoms with Crippen molar-refractivity contribution in [3.8, 4) is 11.5 Å². The third kappa shape index (κ3) is 1.92. The van der Waals surface area contributed by atoms with Gasteiger partial charge in [-0.25, -0.2) is 0 Å². The summed E-state index contributed by atoms with van der Waals surface area (Å²) in [6, 6.07) is 7.56. The van der Waals surface area contributed by atoms with Crippen LogP contribution in [0.15, 0.2) is 24.3 Å². The van der Waals surface area contributed by atoms with E-state index in [0.717, 1.165) is 24.3 Å². The molecule has 1 atom stereocenters. The predicted molar refractivity (Wildman–Crippen MR) is 57.3 cm³/mol. The zero-order valence-electron chi connectivity index (χ0n) is 8.90. The second-order valence-electron chi connectivity index (χ2n) is 3.93. The van der Waals surface area contributed by atoms with Crippen LogP contribution in [0.5, 0.6) is 11.5 Å². The summed E-state index contributed by atoms with van der Waals surface area (Å²) in [5, 5.41) is 9.39. The van der Waals surface area contributed by atoms with E-state index in [4.69, 9.17) is 9.47 Å². The monoisotopic (exact) mass is 208 g/mol. The molecule has 0 fully saturated rings. The first-order valence-corrected chi connectivity index (χ1v) is 5.31. The summed E-state index contributed by atoms with van der Waals surface area (Å²) in [7, 11) is 0. The summed E-state index contributed by atoms with van der Waals surface area (Å²) < 4.78 is 11.4. The van der Waals surface area contributed by atoms with E-state index in [-0.39, 0.29) is 6.61 Å². The van der Waals surface area contributed by atoms with Gasteiger partial charge in [0.05, 0.1) is 6.61 Å². The molecule has 2 rings (SSSR count). The van der Waals surface area contributed by atoms with Crippen LogP contribution in [0.1, 0.15) is 19.8 Å².